The van der Waals surface area contributed by atoms with E-state index in [0.29, 0.717) is 12.0 Å². The molecule has 3 heteroatoms. The molecule has 2 aliphatic rings. The van der Waals surface area contributed by atoms with Gasteiger partial charge in [-0.05, 0) is 42.2 Å². The van der Waals surface area contributed by atoms with E-state index in [9.17, 15) is 4.79 Å². The van der Waals surface area contributed by atoms with Gasteiger partial charge in [0.2, 0.25) is 0 Å². The molecule has 0 radical (unpaired) electrons. The van der Waals surface area contributed by atoms with E-state index in [-0.39, 0.29) is 18.0 Å². The van der Waals surface area contributed by atoms with Gasteiger partial charge in [0, 0.05) is 13.1 Å². The minimum atomic E-state index is -0.148. The zero-order chi connectivity index (χ0) is 14.9. The van der Waals surface area contributed by atoms with Crippen LogP contribution in [0.2, 0.25) is 0 Å². The van der Waals surface area contributed by atoms with Crippen molar-refractivity contribution in [1.82, 2.24) is 5.32 Å². The highest BCUT2D eigenvalue weighted by molar-refractivity contribution is 5.79. The van der Waals surface area contributed by atoms with Crippen molar-refractivity contribution in [2.75, 3.05) is 6.54 Å². The Kier molecular flexibility index (Phi) is 4.03. The highest BCUT2D eigenvalue weighted by Gasteiger charge is 2.32. The number of nitrogens with one attached hydrogen (secondary N) is 1. The Balaban J connectivity index is 1.64. The summed E-state index contributed by atoms with van der Waals surface area (Å²) in [7, 11) is 0. The molecular formula is C18H25NO2. The number of rotatable bonds is 2. The highest BCUT2D eigenvalue weighted by atomic mass is 16.5. The third-order valence-corrected chi connectivity index (χ3v) is 4.95. The summed E-state index contributed by atoms with van der Waals surface area (Å²) in [6, 6.07) is 8.18. The van der Waals surface area contributed by atoms with Crippen LogP contribution in [-0.2, 0) is 16.1 Å². The fourth-order valence-electron chi connectivity index (χ4n) is 3.44. The monoisotopic (exact) mass is 287 g/mol. The van der Waals surface area contributed by atoms with Gasteiger partial charge in [0.15, 0.2) is 0 Å². The number of carbonyl (C=O) groups is 1. The Labute approximate surface area is 127 Å². The Hall–Kier alpha value is -1.35. The molecule has 1 aliphatic carbocycles. The molecule has 0 bridgehead atoms. The number of benzene rings is 1. The quantitative estimate of drug-likeness (QED) is 0.847. The van der Waals surface area contributed by atoms with E-state index < -0.39 is 0 Å². The first-order valence-electron chi connectivity index (χ1n) is 8.04. The van der Waals surface area contributed by atoms with E-state index >= 15 is 0 Å². The van der Waals surface area contributed by atoms with Crippen molar-refractivity contribution < 1.29 is 9.53 Å². The van der Waals surface area contributed by atoms with Crippen molar-refractivity contribution in [2.45, 2.75) is 58.1 Å². The predicted octanol–water partition coefficient (Wildman–Crippen LogP) is 3.39. The van der Waals surface area contributed by atoms with Gasteiger partial charge in [-0.25, -0.2) is 0 Å². The van der Waals surface area contributed by atoms with Crippen LogP contribution >= 0.6 is 0 Å². The largest absolute Gasteiger partial charge is 0.462 e. The molecule has 0 saturated heterocycles. The lowest BCUT2D eigenvalue weighted by Gasteiger charge is -2.35. The van der Waals surface area contributed by atoms with Gasteiger partial charge in [-0.2, -0.15) is 0 Å². The maximum atomic E-state index is 12.5. The van der Waals surface area contributed by atoms with Crippen molar-refractivity contribution in [3.8, 4) is 0 Å². The molecule has 1 saturated carbocycles. The van der Waals surface area contributed by atoms with Crippen LogP contribution in [0.3, 0.4) is 0 Å². The Morgan fingerprint density at radius 3 is 2.71 bits per heavy atom. The molecule has 1 unspecified atom stereocenters. The maximum Gasteiger partial charge on any atom is 0.315 e. The van der Waals surface area contributed by atoms with Crippen LogP contribution in [0.1, 0.15) is 56.6 Å². The molecule has 3 rings (SSSR count). The Morgan fingerprint density at radius 2 is 1.95 bits per heavy atom. The van der Waals surface area contributed by atoms with Crippen LogP contribution in [0.15, 0.2) is 24.3 Å². The number of hydrogen-bond donors (Lipinski definition) is 1. The molecule has 0 spiro atoms. The zero-order valence-corrected chi connectivity index (χ0v) is 13.0. The lowest BCUT2D eigenvalue weighted by Crippen LogP contribution is -2.36. The standard InChI is InChI=1S/C18H25NO2/c1-18(2)9-7-14(8-10-18)21-17(20)16-12-19-11-13-5-3-4-6-15(13)16/h3-6,14,16,19H,7-12H2,1-2H3. The normalized spacial score (nSPS) is 25.1. The molecule has 1 aromatic rings. The second kappa shape index (κ2) is 5.80. The average Bonchev–Trinajstić information content (AvgIpc) is 2.49. The van der Waals surface area contributed by atoms with E-state index in [0.717, 1.165) is 37.8 Å². The van der Waals surface area contributed by atoms with Gasteiger partial charge in [-0.1, -0.05) is 38.1 Å². The second-order valence-electron chi connectivity index (χ2n) is 7.18. The zero-order valence-electron chi connectivity index (χ0n) is 13.0. The fraction of sp³-hybridized carbons (Fsp3) is 0.611. The minimum absolute atomic E-state index is 0.0562. The van der Waals surface area contributed by atoms with Crippen LogP contribution in [0.25, 0.3) is 0 Å². The summed E-state index contributed by atoms with van der Waals surface area (Å²) in [6.07, 6.45) is 4.40. The maximum absolute atomic E-state index is 12.5. The fourth-order valence-corrected chi connectivity index (χ4v) is 3.44. The molecule has 3 nitrogen and oxygen atoms in total. The summed E-state index contributed by atoms with van der Waals surface area (Å²) in [4.78, 5) is 12.5. The Morgan fingerprint density at radius 1 is 1.24 bits per heavy atom. The lowest BCUT2D eigenvalue weighted by molar-refractivity contribution is -0.153. The summed E-state index contributed by atoms with van der Waals surface area (Å²) in [5.74, 6) is -0.204. The van der Waals surface area contributed by atoms with Gasteiger partial charge < -0.3 is 10.1 Å². The second-order valence-corrected chi connectivity index (χ2v) is 7.18. The van der Waals surface area contributed by atoms with Gasteiger partial charge >= 0.3 is 5.97 Å². The topological polar surface area (TPSA) is 38.3 Å². The molecule has 0 aromatic heterocycles. The number of fused-ring (bicyclic) bond motifs is 1. The van der Waals surface area contributed by atoms with Crippen LogP contribution in [0.5, 0.6) is 0 Å². The molecule has 1 fully saturated rings. The van der Waals surface area contributed by atoms with E-state index in [4.69, 9.17) is 4.74 Å². The van der Waals surface area contributed by atoms with Crippen molar-refractivity contribution in [1.29, 1.82) is 0 Å². The highest BCUT2D eigenvalue weighted by Crippen LogP contribution is 2.37. The SMILES string of the molecule is CC1(C)CCC(OC(=O)C2CNCc3ccccc32)CC1. The van der Waals surface area contributed by atoms with Crippen LogP contribution in [0.4, 0.5) is 0 Å². The van der Waals surface area contributed by atoms with Gasteiger partial charge in [0.05, 0.1) is 5.92 Å². The van der Waals surface area contributed by atoms with Crippen LogP contribution in [0, 0.1) is 5.41 Å². The van der Waals surface area contributed by atoms with Gasteiger partial charge in [0.25, 0.3) is 0 Å². The summed E-state index contributed by atoms with van der Waals surface area (Å²) in [5, 5.41) is 3.32. The van der Waals surface area contributed by atoms with Crippen molar-refractivity contribution in [3.05, 3.63) is 35.4 Å². The number of ether oxygens (including phenoxy) is 1. The van der Waals surface area contributed by atoms with Crippen LogP contribution < -0.4 is 5.32 Å². The van der Waals surface area contributed by atoms with Crippen molar-refractivity contribution in [3.63, 3.8) is 0 Å². The lowest BCUT2D eigenvalue weighted by atomic mass is 9.76. The third kappa shape index (κ3) is 3.29. The summed E-state index contributed by atoms with van der Waals surface area (Å²) >= 11 is 0. The molecule has 1 N–H and O–H groups in total. The van der Waals surface area contributed by atoms with Gasteiger partial charge in [-0.3, -0.25) is 4.79 Å². The average molecular weight is 287 g/mol. The number of esters is 1. The smallest absolute Gasteiger partial charge is 0.315 e. The van der Waals surface area contributed by atoms with Gasteiger partial charge in [0.1, 0.15) is 6.10 Å². The van der Waals surface area contributed by atoms with E-state index in [1.54, 1.807) is 0 Å². The van der Waals surface area contributed by atoms with Gasteiger partial charge in [-0.15, -0.1) is 0 Å². The summed E-state index contributed by atoms with van der Waals surface area (Å²) in [5.41, 5.74) is 2.76. The summed E-state index contributed by atoms with van der Waals surface area (Å²) < 4.78 is 5.80. The van der Waals surface area contributed by atoms with Crippen LogP contribution in [-0.4, -0.2) is 18.6 Å². The molecule has 1 aromatic carbocycles. The molecule has 114 valence electrons. The number of hydrogen-bond acceptors (Lipinski definition) is 3. The molecule has 1 atom stereocenters. The van der Waals surface area contributed by atoms with Crippen molar-refractivity contribution in [2.24, 2.45) is 5.41 Å². The van der Waals surface area contributed by atoms with E-state index in [1.807, 2.05) is 12.1 Å². The van der Waals surface area contributed by atoms with E-state index in [2.05, 4.69) is 31.3 Å². The first-order chi connectivity index (χ1) is 10.1. The molecule has 1 heterocycles. The van der Waals surface area contributed by atoms with E-state index in [1.165, 1.54) is 5.56 Å². The van der Waals surface area contributed by atoms with Crippen molar-refractivity contribution >= 4 is 5.97 Å². The molecule has 1 aliphatic heterocycles. The molecule has 0 amide bonds. The molecular weight excluding hydrogens is 262 g/mol. The Bertz CT molecular complexity index is 514. The minimum Gasteiger partial charge on any atom is -0.462 e. The number of carbonyl (C=O) groups excluding carboxylic acids is 1. The third-order valence-electron chi connectivity index (χ3n) is 4.95. The predicted molar refractivity (Wildman–Crippen MR) is 83.0 cm³/mol. The molecule has 21 heavy (non-hydrogen) atoms. The first-order valence-corrected chi connectivity index (χ1v) is 8.04. The first kappa shape index (κ1) is 14.6. The summed E-state index contributed by atoms with van der Waals surface area (Å²) in [6.45, 7) is 6.13.